The number of ether oxygens (including phenoxy) is 2. The Morgan fingerprint density at radius 3 is 2.41 bits per heavy atom. The molecule has 0 heterocycles. The highest BCUT2D eigenvalue weighted by Gasteiger charge is 2.07. The van der Waals surface area contributed by atoms with Crippen molar-refractivity contribution in [1.29, 1.82) is 0 Å². The van der Waals surface area contributed by atoms with E-state index >= 15 is 0 Å². The summed E-state index contributed by atoms with van der Waals surface area (Å²) in [5.41, 5.74) is 0. The van der Waals surface area contributed by atoms with Crippen molar-refractivity contribution >= 4 is 11.8 Å². The van der Waals surface area contributed by atoms with Crippen molar-refractivity contribution in [3.8, 4) is 0 Å². The first-order valence-corrected chi connectivity index (χ1v) is 6.45. The normalized spacial score (nSPS) is 10.2. The summed E-state index contributed by atoms with van der Waals surface area (Å²) >= 11 is 0. The Bertz CT molecular complexity index is 213. The molecule has 0 radical (unpaired) electrons. The molecule has 0 N–H and O–H groups in total. The average molecular weight is 244 g/mol. The minimum Gasteiger partial charge on any atom is -0.466 e. The van der Waals surface area contributed by atoms with Crippen molar-refractivity contribution < 1.29 is 19.1 Å². The molecule has 4 nitrogen and oxygen atoms in total. The predicted molar refractivity (Wildman–Crippen MR) is 65.8 cm³/mol. The number of Topliss-reactive ketones (excluding diaryl/α,β-unsaturated/α-hetero) is 1. The minimum absolute atomic E-state index is 0.0338. The predicted octanol–water partition coefficient (Wildman–Crippen LogP) is 2.50. The van der Waals surface area contributed by atoms with Gasteiger partial charge < -0.3 is 9.47 Å². The zero-order valence-electron chi connectivity index (χ0n) is 11.0. The second kappa shape index (κ2) is 11.6. The average Bonchev–Trinajstić information content (AvgIpc) is 2.31. The third kappa shape index (κ3) is 11.4. The van der Waals surface area contributed by atoms with E-state index in [1.54, 1.807) is 6.92 Å². The van der Waals surface area contributed by atoms with Crippen LogP contribution < -0.4 is 0 Å². The molecule has 0 fully saturated rings. The van der Waals surface area contributed by atoms with Gasteiger partial charge in [-0.25, -0.2) is 0 Å². The summed E-state index contributed by atoms with van der Waals surface area (Å²) < 4.78 is 9.96. The molecule has 0 aliphatic heterocycles. The molecule has 0 aliphatic carbocycles. The van der Waals surface area contributed by atoms with E-state index in [0.29, 0.717) is 13.2 Å². The first-order valence-electron chi connectivity index (χ1n) is 6.45. The summed E-state index contributed by atoms with van der Waals surface area (Å²) in [6, 6.07) is 0. The van der Waals surface area contributed by atoms with Crippen molar-refractivity contribution in [3.05, 3.63) is 0 Å². The molecular formula is C13H24O4. The molecule has 0 aliphatic rings. The lowest BCUT2D eigenvalue weighted by atomic mass is 10.2. The summed E-state index contributed by atoms with van der Waals surface area (Å²) in [5.74, 6) is -0.350. The van der Waals surface area contributed by atoms with Gasteiger partial charge in [-0.2, -0.15) is 0 Å². The van der Waals surface area contributed by atoms with Crippen molar-refractivity contribution in [2.24, 2.45) is 0 Å². The van der Waals surface area contributed by atoms with Crippen molar-refractivity contribution in [2.45, 2.75) is 52.4 Å². The topological polar surface area (TPSA) is 52.6 Å². The molecule has 0 unspecified atom stereocenters. The van der Waals surface area contributed by atoms with Gasteiger partial charge in [0.15, 0.2) is 5.78 Å². The number of carbonyl (C=O) groups excluding carboxylic acids is 2. The maximum atomic E-state index is 11.3. The molecule has 100 valence electrons. The van der Waals surface area contributed by atoms with Gasteiger partial charge in [-0.05, 0) is 13.3 Å². The Hall–Kier alpha value is -0.900. The van der Waals surface area contributed by atoms with Gasteiger partial charge in [0.05, 0.1) is 13.0 Å². The zero-order chi connectivity index (χ0) is 12.9. The molecule has 0 saturated carbocycles. The lowest BCUT2D eigenvalue weighted by Gasteiger charge is -2.03. The molecular weight excluding hydrogens is 220 g/mol. The molecule has 0 amide bonds. The molecule has 4 heteroatoms. The molecule has 0 spiro atoms. The van der Waals surface area contributed by atoms with E-state index in [0.717, 1.165) is 12.8 Å². The first-order chi connectivity index (χ1) is 8.20. The summed E-state index contributed by atoms with van der Waals surface area (Å²) in [7, 11) is 0. The highest BCUT2D eigenvalue weighted by atomic mass is 16.5. The van der Waals surface area contributed by atoms with Gasteiger partial charge in [0.1, 0.15) is 6.61 Å². The molecule has 0 aromatic carbocycles. The minimum atomic E-state index is -0.316. The van der Waals surface area contributed by atoms with Gasteiger partial charge in [-0.3, -0.25) is 9.59 Å². The fraction of sp³-hybridized carbons (Fsp3) is 0.846. The Balaban J connectivity index is 3.31. The second-order valence-electron chi connectivity index (χ2n) is 3.96. The fourth-order valence-corrected chi connectivity index (χ4v) is 1.36. The third-order valence-corrected chi connectivity index (χ3v) is 2.32. The van der Waals surface area contributed by atoms with Gasteiger partial charge in [-0.15, -0.1) is 0 Å². The van der Waals surface area contributed by atoms with Crippen LogP contribution in [0, 0.1) is 0 Å². The standard InChI is InChI=1S/C13H24O4/c1-3-5-6-7-10-16-11-12(14)8-9-13(15)17-4-2/h3-11H2,1-2H3. The molecule has 0 bridgehead atoms. The van der Waals surface area contributed by atoms with Crippen LogP contribution in [0.15, 0.2) is 0 Å². The number of esters is 1. The van der Waals surface area contributed by atoms with E-state index in [1.807, 2.05) is 0 Å². The van der Waals surface area contributed by atoms with Crippen LogP contribution in [-0.4, -0.2) is 31.6 Å². The van der Waals surface area contributed by atoms with E-state index in [9.17, 15) is 9.59 Å². The van der Waals surface area contributed by atoms with Crippen LogP contribution in [0.25, 0.3) is 0 Å². The number of hydrogen-bond acceptors (Lipinski definition) is 4. The molecule has 0 rings (SSSR count). The molecule has 0 aromatic rings. The highest BCUT2D eigenvalue weighted by molar-refractivity contribution is 5.83. The number of hydrogen-bond donors (Lipinski definition) is 0. The summed E-state index contributed by atoms with van der Waals surface area (Å²) in [4.78, 5) is 22.3. The highest BCUT2D eigenvalue weighted by Crippen LogP contribution is 2.00. The Morgan fingerprint density at radius 1 is 1.00 bits per heavy atom. The molecule has 0 aromatic heterocycles. The summed E-state index contributed by atoms with van der Waals surface area (Å²) in [6.45, 7) is 5.01. The van der Waals surface area contributed by atoms with Gasteiger partial charge in [0.2, 0.25) is 0 Å². The van der Waals surface area contributed by atoms with Crippen LogP contribution in [0.4, 0.5) is 0 Å². The van der Waals surface area contributed by atoms with E-state index in [4.69, 9.17) is 9.47 Å². The lowest BCUT2D eigenvalue weighted by Crippen LogP contribution is -2.12. The van der Waals surface area contributed by atoms with Gasteiger partial charge in [0, 0.05) is 13.0 Å². The lowest BCUT2D eigenvalue weighted by molar-refractivity contribution is -0.144. The molecule has 0 atom stereocenters. The number of ketones is 1. The second-order valence-corrected chi connectivity index (χ2v) is 3.96. The fourth-order valence-electron chi connectivity index (χ4n) is 1.36. The molecule has 0 saturated heterocycles. The maximum absolute atomic E-state index is 11.3. The Kier molecular flexibility index (Phi) is 11.0. The maximum Gasteiger partial charge on any atom is 0.306 e. The van der Waals surface area contributed by atoms with E-state index in [2.05, 4.69) is 6.92 Å². The van der Waals surface area contributed by atoms with Crippen molar-refractivity contribution in [1.82, 2.24) is 0 Å². The Labute approximate surface area is 104 Å². The monoisotopic (exact) mass is 244 g/mol. The summed E-state index contributed by atoms with van der Waals surface area (Å²) in [6.07, 6.45) is 4.92. The zero-order valence-corrected chi connectivity index (χ0v) is 11.0. The van der Waals surface area contributed by atoms with Gasteiger partial charge in [0.25, 0.3) is 0 Å². The quantitative estimate of drug-likeness (QED) is 0.414. The van der Waals surface area contributed by atoms with Crippen molar-refractivity contribution in [2.75, 3.05) is 19.8 Å². The van der Waals surface area contributed by atoms with Crippen LogP contribution in [-0.2, 0) is 19.1 Å². The number of rotatable bonds is 11. The largest absolute Gasteiger partial charge is 0.466 e. The van der Waals surface area contributed by atoms with Crippen LogP contribution in [0.3, 0.4) is 0 Å². The van der Waals surface area contributed by atoms with Crippen molar-refractivity contribution in [3.63, 3.8) is 0 Å². The number of carbonyl (C=O) groups is 2. The summed E-state index contributed by atoms with van der Waals surface area (Å²) in [5, 5.41) is 0. The number of unbranched alkanes of at least 4 members (excludes halogenated alkanes) is 3. The Morgan fingerprint density at radius 2 is 1.76 bits per heavy atom. The van der Waals surface area contributed by atoms with Gasteiger partial charge >= 0.3 is 5.97 Å². The van der Waals surface area contributed by atoms with Crippen LogP contribution in [0.2, 0.25) is 0 Å². The van der Waals surface area contributed by atoms with Gasteiger partial charge in [-0.1, -0.05) is 26.2 Å². The SMILES string of the molecule is CCCCCCOCC(=O)CCC(=O)OCC. The van der Waals surface area contributed by atoms with E-state index in [-0.39, 0.29) is 31.2 Å². The van der Waals surface area contributed by atoms with Crippen LogP contribution in [0.1, 0.15) is 52.4 Å². The molecule has 17 heavy (non-hydrogen) atoms. The van der Waals surface area contributed by atoms with E-state index in [1.165, 1.54) is 12.8 Å². The van der Waals surface area contributed by atoms with Crippen LogP contribution >= 0.6 is 0 Å². The smallest absolute Gasteiger partial charge is 0.306 e. The van der Waals surface area contributed by atoms with E-state index < -0.39 is 0 Å². The first kappa shape index (κ1) is 16.1. The third-order valence-electron chi connectivity index (χ3n) is 2.32. The van der Waals surface area contributed by atoms with Crippen LogP contribution in [0.5, 0.6) is 0 Å².